The number of phenols is 1. The molecule has 0 radical (unpaired) electrons. The number of benzene rings is 3. The maximum absolute atomic E-state index is 9.85. The highest BCUT2D eigenvalue weighted by Crippen LogP contribution is 2.42. The summed E-state index contributed by atoms with van der Waals surface area (Å²) in [6.45, 7) is -0.0696. The topological polar surface area (TPSA) is 49.7 Å². The van der Waals surface area contributed by atoms with Crippen molar-refractivity contribution in [2.75, 3.05) is 0 Å². The number of hydrogen-bond donors (Lipinski definition) is 2. The van der Waals surface area contributed by atoms with Crippen LogP contribution in [-0.4, -0.2) is 10.2 Å². The van der Waals surface area contributed by atoms with Crippen LogP contribution >= 0.6 is 8.81 Å². The van der Waals surface area contributed by atoms with Crippen LogP contribution in [0, 0.1) is 0 Å². The van der Waals surface area contributed by atoms with Crippen molar-refractivity contribution in [3.63, 3.8) is 0 Å². The van der Waals surface area contributed by atoms with Crippen LogP contribution in [0.15, 0.2) is 60.7 Å². The molecule has 0 saturated carbocycles. The zero-order valence-corrected chi connectivity index (χ0v) is 13.3. The van der Waals surface area contributed by atoms with Gasteiger partial charge in [0.05, 0.1) is 6.61 Å². The van der Waals surface area contributed by atoms with E-state index in [1.807, 2.05) is 30.3 Å². The smallest absolute Gasteiger partial charge is 0.131 e. The monoisotopic (exact) mass is 322 g/mol. The Kier molecular flexibility index (Phi) is 3.53. The summed E-state index contributed by atoms with van der Waals surface area (Å²) < 4.78 is 5.92. The quantitative estimate of drug-likeness (QED) is 0.705. The van der Waals surface area contributed by atoms with Gasteiger partial charge in [-0.2, -0.15) is 0 Å². The van der Waals surface area contributed by atoms with Gasteiger partial charge < -0.3 is 14.7 Å². The lowest BCUT2D eigenvalue weighted by atomic mass is 9.95. The molecule has 3 aromatic carbocycles. The van der Waals surface area contributed by atoms with Crippen LogP contribution in [0.2, 0.25) is 0 Å². The van der Waals surface area contributed by atoms with Gasteiger partial charge in [-0.05, 0) is 40.5 Å². The van der Waals surface area contributed by atoms with Gasteiger partial charge in [-0.3, -0.25) is 0 Å². The SMILES string of the molecule is OCc1ccc(O)cc1-c1cccc2c1POc1ccccc1-2. The first-order valence-corrected chi connectivity index (χ1v) is 8.27. The van der Waals surface area contributed by atoms with E-state index in [1.165, 1.54) is 0 Å². The third kappa shape index (κ3) is 2.39. The number of fused-ring (bicyclic) bond motifs is 3. The predicted molar refractivity (Wildman–Crippen MR) is 93.5 cm³/mol. The third-order valence-electron chi connectivity index (χ3n) is 4.06. The molecule has 0 aromatic heterocycles. The molecule has 1 heterocycles. The summed E-state index contributed by atoms with van der Waals surface area (Å²) in [6, 6.07) is 19.2. The molecule has 3 nitrogen and oxygen atoms in total. The van der Waals surface area contributed by atoms with Crippen molar-refractivity contribution in [1.29, 1.82) is 0 Å². The van der Waals surface area contributed by atoms with Crippen LogP contribution in [-0.2, 0) is 6.61 Å². The fraction of sp³-hybridized carbons (Fsp3) is 0.0526. The summed E-state index contributed by atoms with van der Waals surface area (Å²) in [5.74, 6) is 1.09. The number of rotatable bonds is 2. The van der Waals surface area contributed by atoms with E-state index in [2.05, 4.69) is 12.1 Å². The summed E-state index contributed by atoms with van der Waals surface area (Å²) in [5.41, 5.74) is 4.86. The molecule has 4 rings (SSSR count). The Hall–Kier alpha value is -2.35. The standard InChI is InChI=1S/C19H15O3P/c20-11-12-8-9-13(21)10-17(12)16-6-3-5-15-14-4-1-2-7-18(14)22-23-19(15)16/h1-10,20-21,23H,11H2. The first-order valence-electron chi connectivity index (χ1n) is 7.36. The number of hydrogen-bond acceptors (Lipinski definition) is 3. The van der Waals surface area contributed by atoms with Gasteiger partial charge in [-0.15, -0.1) is 0 Å². The zero-order chi connectivity index (χ0) is 15.8. The molecule has 2 N–H and O–H groups in total. The van der Waals surface area contributed by atoms with Crippen LogP contribution in [0.25, 0.3) is 22.3 Å². The van der Waals surface area contributed by atoms with Crippen molar-refractivity contribution in [2.24, 2.45) is 0 Å². The zero-order valence-electron chi connectivity index (χ0n) is 12.3. The Bertz CT molecular complexity index is 890. The minimum atomic E-state index is -0.0696. The maximum Gasteiger partial charge on any atom is 0.131 e. The molecule has 0 saturated heterocycles. The summed E-state index contributed by atoms with van der Waals surface area (Å²) in [4.78, 5) is 0. The maximum atomic E-state index is 9.85. The lowest BCUT2D eigenvalue weighted by molar-refractivity contribution is 0.282. The summed E-state index contributed by atoms with van der Waals surface area (Å²) in [6.07, 6.45) is 0. The van der Waals surface area contributed by atoms with E-state index in [0.29, 0.717) is 0 Å². The molecular formula is C19H15O3P. The van der Waals surface area contributed by atoms with Gasteiger partial charge in [0.15, 0.2) is 0 Å². The molecular weight excluding hydrogens is 307 g/mol. The van der Waals surface area contributed by atoms with Crippen molar-refractivity contribution in [3.8, 4) is 33.8 Å². The Labute approximate surface area is 136 Å². The fourth-order valence-corrected chi connectivity index (χ4v) is 3.99. The van der Waals surface area contributed by atoms with Crippen LogP contribution in [0.4, 0.5) is 0 Å². The van der Waals surface area contributed by atoms with Crippen LogP contribution in [0.3, 0.4) is 0 Å². The Morgan fingerprint density at radius 3 is 2.39 bits per heavy atom. The molecule has 0 bridgehead atoms. The van der Waals surface area contributed by atoms with E-state index in [-0.39, 0.29) is 21.2 Å². The summed E-state index contributed by atoms with van der Waals surface area (Å²) in [7, 11) is 0.195. The molecule has 0 amide bonds. The van der Waals surface area contributed by atoms with E-state index in [4.69, 9.17) is 4.52 Å². The number of phenolic OH excluding ortho intramolecular Hbond substituents is 1. The molecule has 1 aliphatic heterocycles. The van der Waals surface area contributed by atoms with Gasteiger partial charge in [0.25, 0.3) is 0 Å². The summed E-state index contributed by atoms with van der Waals surface area (Å²) in [5, 5.41) is 20.6. The van der Waals surface area contributed by atoms with Crippen molar-refractivity contribution >= 4 is 14.1 Å². The van der Waals surface area contributed by atoms with E-state index >= 15 is 0 Å². The molecule has 114 valence electrons. The fourth-order valence-electron chi connectivity index (χ4n) is 2.95. The lowest BCUT2D eigenvalue weighted by Crippen LogP contribution is -2.11. The molecule has 0 spiro atoms. The van der Waals surface area contributed by atoms with Gasteiger partial charge in [0.1, 0.15) is 20.3 Å². The number of aliphatic hydroxyl groups excluding tert-OH is 1. The molecule has 0 fully saturated rings. The van der Waals surface area contributed by atoms with E-state index in [0.717, 1.165) is 38.9 Å². The van der Waals surface area contributed by atoms with Crippen LogP contribution < -0.4 is 9.83 Å². The Morgan fingerprint density at radius 1 is 0.826 bits per heavy atom. The second-order valence-electron chi connectivity index (χ2n) is 5.43. The second-order valence-corrected chi connectivity index (χ2v) is 6.34. The van der Waals surface area contributed by atoms with Crippen molar-refractivity contribution in [2.45, 2.75) is 6.61 Å². The van der Waals surface area contributed by atoms with E-state index < -0.39 is 0 Å². The highest BCUT2D eigenvalue weighted by molar-refractivity contribution is 7.43. The number of aliphatic hydroxyl groups is 1. The molecule has 1 aliphatic rings. The van der Waals surface area contributed by atoms with Crippen molar-refractivity contribution in [3.05, 3.63) is 66.2 Å². The highest BCUT2D eigenvalue weighted by Gasteiger charge is 2.21. The minimum Gasteiger partial charge on any atom is -0.508 e. The molecule has 3 aromatic rings. The highest BCUT2D eigenvalue weighted by atomic mass is 31.1. The second kappa shape index (κ2) is 5.69. The van der Waals surface area contributed by atoms with E-state index in [9.17, 15) is 10.2 Å². The first kappa shape index (κ1) is 14.3. The van der Waals surface area contributed by atoms with Gasteiger partial charge in [-0.1, -0.05) is 42.5 Å². The normalized spacial score (nSPS) is 13.3. The van der Waals surface area contributed by atoms with Gasteiger partial charge >= 0.3 is 0 Å². The van der Waals surface area contributed by atoms with Crippen LogP contribution in [0.5, 0.6) is 11.5 Å². The molecule has 0 aliphatic carbocycles. The largest absolute Gasteiger partial charge is 0.508 e. The first-order chi connectivity index (χ1) is 11.3. The molecule has 1 atom stereocenters. The minimum absolute atomic E-state index is 0.0696. The average molecular weight is 322 g/mol. The van der Waals surface area contributed by atoms with Gasteiger partial charge in [0, 0.05) is 10.9 Å². The van der Waals surface area contributed by atoms with Crippen LogP contribution in [0.1, 0.15) is 5.56 Å². The van der Waals surface area contributed by atoms with E-state index in [1.54, 1.807) is 18.2 Å². The number of aromatic hydroxyl groups is 1. The molecule has 4 heteroatoms. The molecule has 23 heavy (non-hydrogen) atoms. The van der Waals surface area contributed by atoms with Crippen molar-refractivity contribution < 1.29 is 14.7 Å². The predicted octanol–water partition coefficient (Wildman–Crippen LogP) is 3.83. The third-order valence-corrected chi connectivity index (χ3v) is 5.12. The van der Waals surface area contributed by atoms with Gasteiger partial charge in [0.2, 0.25) is 0 Å². The average Bonchev–Trinajstić information content (AvgIpc) is 2.61. The Balaban J connectivity index is 1.96. The van der Waals surface area contributed by atoms with Crippen molar-refractivity contribution in [1.82, 2.24) is 0 Å². The lowest BCUT2D eigenvalue weighted by Gasteiger charge is -2.23. The Morgan fingerprint density at radius 2 is 1.57 bits per heavy atom. The van der Waals surface area contributed by atoms with Gasteiger partial charge in [-0.25, -0.2) is 0 Å². The summed E-state index contributed by atoms with van der Waals surface area (Å²) >= 11 is 0. The molecule has 1 unspecified atom stereocenters. The number of para-hydroxylation sites is 1.